The molecule has 3 amide bonds. The molecular formula is C18H16ClF3N4O2S. The van der Waals surface area contributed by atoms with E-state index >= 15 is 0 Å². The number of alkyl halides is 3. The van der Waals surface area contributed by atoms with Gasteiger partial charge in [-0.15, -0.1) is 0 Å². The van der Waals surface area contributed by atoms with Crippen molar-refractivity contribution in [2.24, 2.45) is 0 Å². The van der Waals surface area contributed by atoms with Crippen molar-refractivity contribution in [3.8, 4) is 0 Å². The predicted molar refractivity (Wildman–Crippen MR) is 105 cm³/mol. The van der Waals surface area contributed by atoms with Gasteiger partial charge in [-0.3, -0.25) is 4.79 Å². The number of aromatic nitrogens is 1. The molecule has 2 N–H and O–H groups in total. The highest BCUT2D eigenvalue weighted by Gasteiger charge is 2.51. The summed E-state index contributed by atoms with van der Waals surface area (Å²) in [5.41, 5.74) is 0.648. The maximum absolute atomic E-state index is 13.0. The molecule has 1 fully saturated rings. The largest absolute Gasteiger partial charge is 0.446 e. The molecule has 1 aliphatic rings. The monoisotopic (exact) mass is 444 g/mol. The van der Waals surface area contributed by atoms with Crippen molar-refractivity contribution in [2.75, 3.05) is 10.6 Å². The molecule has 29 heavy (non-hydrogen) atoms. The molecule has 0 saturated carbocycles. The minimum absolute atomic E-state index is 0.104. The number of nitrogen functional groups attached to an aromatic ring is 1. The summed E-state index contributed by atoms with van der Waals surface area (Å²) in [7, 11) is 0. The van der Waals surface area contributed by atoms with Crippen molar-refractivity contribution in [2.45, 2.75) is 36.3 Å². The van der Waals surface area contributed by atoms with Gasteiger partial charge in [0.05, 0.1) is 5.69 Å². The topological polar surface area (TPSA) is 79.5 Å². The van der Waals surface area contributed by atoms with Gasteiger partial charge in [-0.1, -0.05) is 11.6 Å². The van der Waals surface area contributed by atoms with Gasteiger partial charge in [-0.05, 0) is 61.5 Å². The average molecular weight is 445 g/mol. The van der Waals surface area contributed by atoms with E-state index in [0.29, 0.717) is 5.56 Å². The number of urea groups is 1. The van der Waals surface area contributed by atoms with Crippen molar-refractivity contribution in [1.29, 1.82) is 0 Å². The second-order valence-electron chi connectivity index (χ2n) is 6.83. The number of benzene rings is 1. The second-order valence-corrected chi connectivity index (χ2v) is 8.32. The summed E-state index contributed by atoms with van der Waals surface area (Å²) in [6.45, 7) is 3.29. The van der Waals surface area contributed by atoms with Crippen LogP contribution in [0.25, 0.3) is 0 Å². The molecule has 3 rings (SSSR count). The van der Waals surface area contributed by atoms with E-state index < -0.39 is 23.0 Å². The zero-order chi connectivity index (χ0) is 21.6. The quantitative estimate of drug-likeness (QED) is 0.320. The lowest BCUT2D eigenvalue weighted by Crippen LogP contribution is -2.43. The van der Waals surface area contributed by atoms with Gasteiger partial charge < -0.3 is 10.6 Å². The molecule has 6 nitrogen and oxygen atoms in total. The smallest absolute Gasteiger partial charge is 0.398 e. The Morgan fingerprint density at radius 3 is 2.48 bits per heavy atom. The van der Waals surface area contributed by atoms with Gasteiger partial charge >= 0.3 is 11.5 Å². The van der Waals surface area contributed by atoms with E-state index in [1.165, 1.54) is 23.2 Å². The number of carbonyl (C=O) groups is 2. The van der Waals surface area contributed by atoms with Gasteiger partial charge in [0.2, 0.25) is 0 Å². The number of pyridine rings is 1. The first-order chi connectivity index (χ1) is 13.4. The van der Waals surface area contributed by atoms with Crippen LogP contribution in [0.15, 0.2) is 41.4 Å². The highest BCUT2D eigenvalue weighted by Crippen LogP contribution is 2.42. The third-order valence-corrected chi connectivity index (χ3v) is 5.46. The lowest BCUT2D eigenvalue weighted by atomic mass is 10.0. The summed E-state index contributed by atoms with van der Waals surface area (Å²) in [4.78, 5) is 31.9. The number of thioether (sulfide) groups is 1. The number of nitrogens with two attached hydrogens (primary N) is 1. The maximum Gasteiger partial charge on any atom is 0.446 e. The van der Waals surface area contributed by atoms with E-state index in [-0.39, 0.29) is 39.7 Å². The molecule has 0 aliphatic carbocycles. The zero-order valence-electron chi connectivity index (χ0n) is 15.3. The zero-order valence-corrected chi connectivity index (χ0v) is 16.9. The minimum Gasteiger partial charge on any atom is -0.398 e. The summed E-state index contributed by atoms with van der Waals surface area (Å²) < 4.78 is 37.8. The Bertz CT molecular complexity index is 984. The molecule has 0 unspecified atom stereocenters. The molecule has 1 saturated heterocycles. The average Bonchev–Trinajstić information content (AvgIpc) is 2.76. The van der Waals surface area contributed by atoms with E-state index in [0.717, 1.165) is 11.0 Å². The molecule has 0 spiro atoms. The van der Waals surface area contributed by atoms with Crippen molar-refractivity contribution in [3.05, 3.63) is 47.2 Å². The van der Waals surface area contributed by atoms with Crippen LogP contribution >= 0.6 is 23.4 Å². The lowest BCUT2D eigenvalue weighted by Gasteiger charge is -2.27. The Labute approximate surface area is 173 Å². The Morgan fingerprint density at radius 1 is 1.21 bits per heavy atom. The summed E-state index contributed by atoms with van der Waals surface area (Å²) >= 11 is 5.52. The van der Waals surface area contributed by atoms with Crippen molar-refractivity contribution in [3.63, 3.8) is 0 Å². The third kappa shape index (κ3) is 4.27. The number of hydrogen-bond acceptors (Lipinski definition) is 5. The van der Waals surface area contributed by atoms with Crippen LogP contribution in [-0.4, -0.2) is 32.9 Å². The molecule has 1 aromatic heterocycles. The number of hydrogen-bond donors (Lipinski definition) is 1. The number of amides is 3. The molecule has 0 bridgehead atoms. The molecule has 0 radical (unpaired) electrons. The van der Waals surface area contributed by atoms with E-state index in [2.05, 4.69) is 4.98 Å². The molecule has 0 atom stereocenters. The molecular weight excluding hydrogens is 429 g/mol. The van der Waals surface area contributed by atoms with E-state index in [1.54, 1.807) is 26.0 Å². The molecule has 154 valence electrons. The molecule has 2 aromatic rings. The van der Waals surface area contributed by atoms with Gasteiger partial charge in [-0.2, -0.15) is 13.2 Å². The van der Waals surface area contributed by atoms with Crippen LogP contribution in [0.5, 0.6) is 0 Å². The van der Waals surface area contributed by atoms with Crippen LogP contribution in [0.3, 0.4) is 0 Å². The Kier molecular flexibility index (Phi) is 5.44. The predicted octanol–water partition coefficient (Wildman–Crippen LogP) is 4.68. The first kappa shape index (κ1) is 21.3. The Hall–Kier alpha value is -2.46. The van der Waals surface area contributed by atoms with Gasteiger partial charge in [-0.25, -0.2) is 14.7 Å². The summed E-state index contributed by atoms with van der Waals surface area (Å²) in [6.07, 6.45) is 1.49. The van der Waals surface area contributed by atoms with Crippen molar-refractivity contribution < 1.29 is 22.8 Å². The normalized spacial score (nSPS) is 16.6. The second kappa shape index (κ2) is 7.42. The number of anilines is 2. The fourth-order valence-corrected chi connectivity index (χ4v) is 3.70. The van der Waals surface area contributed by atoms with Crippen LogP contribution in [-0.2, 0) is 11.3 Å². The number of halogens is 4. The van der Waals surface area contributed by atoms with Crippen LogP contribution in [0.1, 0.15) is 19.4 Å². The standard InChI is InChI=1S/C18H16ClF3N4O2S/c1-17(2)15(27)26(11-3-4-13(12(23)8-11)29-18(20,21)22)16(28)25(17)9-10-5-6-24-14(19)7-10/h3-8H,9,23H2,1-2H3. The number of carbonyl (C=O) groups excluding carboxylic acids is 2. The Morgan fingerprint density at radius 2 is 1.90 bits per heavy atom. The summed E-state index contributed by atoms with van der Waals surface area (Å²) in [5, 5.41) is 0.251. The Balaban J connectivity index is 1.91. The van der Waals surface area contributed by atoms with Crippen LogP contribution < -0.4 is 10.6 Å². The van der Waals surface area contributed by atoms with E-state index in [1.807, 2.05) is 0 Å². The van der Waals surface area contributed by atoms with E-state index in [4.69, 9.17) is 17.3 Å². The minimum atomic E-state index is -4.50. The van der Waals surface area contributed by atoms with Gasteiger partial charge in [0.15, 0.2) is 0 Å². The number of rotatable bonds is 4. The maximum atomic E-state index is 13.0. The van der Waals surface area contributed by atoms with Gasteiger partial charge in [0.1, 0.15) is 10.7 Å². The number of nitrogens with zero attached hydrogens (tertiary/aromatic N) is 3. The lowest BCUT2D eigenvalue weighted by molar-refractivity contribution is -0.123. The highest BCUT2D eigenvalue weighted by molar-refractivity contribution is 8.00. The SMILES string of the molecule is CC1(C)C(=O)N(c2ccc(SC(F)(F)F)c(N)c2)C(=O)N1Cc1ccnc(Cl)c1. The van der Waals surface area contributed by atoms with Crippen molar-refractivity contribution >= 4 is 46.7 Å². The van der Waals surface area contributed by atoms with Gasteiger partial charge in [0.25, 0.3) is 5.91 Å². The summed E-state index contributed by atoms with van der Waals surface area (Å²) in [5.74, 6) is -0.515. The first-order valence-corrected chi connectivity index (χ1v) is 9.51. The van der Waals surface area contributed by atoms with Gasteiger partial charge in [0, 0.05) is 23.3 Å². The molecule has 1 aliphatic heterocycles. The molecule has 2 heterocycles. The summed E-state index contributed by atoms with van der Waals surface area (Å²) in [6, 6.07) is 6.24. The molecule has 11 heteroatoms. The molecule has 1 aromatic carbocycles. The van der Waals surface area contributed by atoms with E-state index in [9.17, 15) is 22.8 Å². The number of imide groups is 1. The third-order valence-electron chi connectivity index (χ3n) is 4.43. The van der Waals surface area contributed by atoms with Crippen LogP contribution in [0, 0.1) is 0 Å². The first-order valence-electron chi connectivity index (χ1n) is 8.32. The fourth-order valence-electron chi connectivity index (χ4n) is 2.94. The highest BCUT2D eigenvalue weighted by atomic mass is 35.5. The van der Waals surface area contributed by atoms with Crippen molar-refractivity contribution in [1.82, 2.24) is 9.88 Å². The van der Waals surface area contributed by atoms with Crippen LogP contribution in [0.4, 0.5) is 29.3 Å². The van der Waals surface area contributed by atoms with Crippen LogP contribution in [0.2, 0.25) is 5.15 Å². The fraction of sp³-hybridized carbons (Fsp3) is 0.278.